The Bertz CT molecular complexity index is 2650. The van der Waals surface area contributed by atoms with Gasteiger partial charge >= 0.3 is 0 Å². The number of nitrogens with zero attached hydrogens (tertiary/aromatic N) is 6. The summed E-state index contributed by atoms with van der Waals surface area (Å²) in [4.78, 5) is -0.0148. The van der Waals surface area contributed by atoms with Crippen molar-refractivity contribution in [1.29, 1.82) is 0 Å². The molecular formula is C37H31N7O11S3. The fourth-order valence-corrected chi connectivity index (χ4v) is 6.95. The number of fused-ring (bicyclic) bond motifs is 1. The lowest BCUT2D eigenvalue weighted by Crippen LogP contribution is -1.98. The molecule has 0 fully saturated rings. The lowest BCUT2D eigenvalue weighted by Gasteiger charge is -2.12. The van der Waals surface area contributed by atoms with Gasteiger partial charge in [-0.15, -0.1) is 18.9 Å². The van der Waals surface area contributed by atoms with E-state index in [0.29, 0.717) is 68.1 Å². The second-order valence-electron chi connectivity index (χ2n) is 12.0. The summed E-state index contributed by atoms with van der Waals surface area (Å²) in [6.45, 7) is 3.58. The van der Waals surface area contributed by atoms with Crippen molar-refractivity contribution < 1.29 is 52.1 Å². The van der Waals surface area contributed by atoms with Gasteiger partial charge in [-0.3, -0.25) is 4.55 Å². The maximum absolute atomic E-state index is 11.9. The highest BCUT2D eigenvalue weighted by Gasteiger charge is 2.18. The monoisotopic (exact) mass is 845 g/mol. The van der Waals surface area contributed by atoms with Gasteiger partial charge in [0.2, 0.25) is 0 Å². The molecule has 0 aromatic heterocycles. The molecule has 0 saturated heterocycles. The van der Waals surface area contributed by atoms with E-state index in [-0.39, 0.29) is 22.0 Å². The molecule has 21 heteroatoms. The molecule has 6 aromatic rings. The number of methoxy groups -OCH3 is 1. The molecule has 0 unspecified atom stereocenters. The Labute approximate surface area is 338 Å². The van der Waals surface area contributed by atoms with Crippen LogP contribution in [0.3, 0.4) is 0 Å². The number of aryl methyl sites for hydroxylation is 2. The molecule has 0 saturated carbocycles. The van der Waals surface area contributed by atoms with E-state index in [1.54, 1.807) is 62.6 Å². The Kier molecular flexibility index (Phi) is 13.7. The normalized spacial score (nSPS) is 12.0. The van der Waals surface area contributed by atoms with Gasteiger partial charge in [-0.05, 0) is 133 Å². The van der Waals surface area contributed by atoms with Crippen molar-refractivity contribution in [2.45, 2.75) is 28.5 Å². The number of rotatable bonds is 16. The second-order valence-corrected chi connectivity index (χ2v) is 14.9. The van der Waals surface area contributed by atoms with Crippen molar-refractivity contribution in [3.8, 4) is 11.5 Å². The third-order valence-corrected chi connectivity index (χ3v) is 10.2. The highest BCUT2D eigenvalue weighted by molar-refractivity contribution is 7.95. The molecule has 0 radical (unpaired) electrons. The number of benzene rings is 6. The van der Waals surface area contributed by atoms with Crippen molar-refractivity contribution in [3.05, 3.63) is 114 Å². The largest absolute Gasteiger partial charge is 0.505 e. The second kappa shape index (κ2) is 19.1. The van der Waals surface area contributed by atoms with Crippen LogP contribution >= 0.6 is 24.1 Å². The fourth-order valence-electron chi connectivity index (χ4n) is 5.33. The van der Waals surface area contributed by atoms with E-state index >= 15 is 0 Å². The van der Waals surface area contributed by atoms with Crippen LogP contribution in [0.2, 0.25) is 0 Å². The van der Waals surface area contributed by atoms with E-state index < -0.39 is 15.0 Å². The minimum Gasteiger partial charge on any atom is -0.505 e. The van der Waals surface area contributed by atoms with Gasteiger partial charge in [0.05, 0.1) is 58.8 Å². The van der Waals surface area contributed by atoms with Crippen LogP contribution in [0.25, 0.3) is 10.8 Å². The van der Waals surface area contributed by atoms with Crippen molar-refractivity contribution in [3.63, 3.8) is 0 Å². The molecule has 58 heavy (non-hydrogen) atoms. The molecular weight excluding hydrogens is 815 g/mol. The van der Waals surface area contributed by atoms with Gasteiger partial charge in [0.1, 0.15) is 22.0 Å². The average Bonchev–Trinajstić information content (AvgIpc) is 3.21. The number of ether oxygens (including phenoxy) is 1. The molecule has 0 aliphatic carbocycles. The zero-order chi connectivity index (χ0) is 41.2. The Morgan fingerprint density at radius 3 is 1.84 bits per heavy atom. The van der Waals surface area contributed by atoms with E-state index in [1.165, 1.54) is 12.1 Å². The van der Waals surface area contributed by atoms with Crippen LogP contribution in [-0.4, -0.2) is 35.7 Å². The van der Waals surface area contributed by atoms with Gasteiger partial charge in [0, 0.05) is 21.7 Å². The summed E-state index contributed by atoms with van der Waals surface area (Å²) >= 11 is 1.15. The molecule has 0 spiro atoms. The first-order valence-electron chi connectivity index (χ1n) is 16.5. The zero-order valence-corrected chi connectivity index (χ0v) is 32.8. The molecule has 6 rings (SSSR count). The van der Waals surface area contributed by atoms with E-state index in [9.17, 15) is 18.1 Å². The molecule has 5 N–H and O–H groups in total. The lowest BCUT2D eigenvalue weighted by atomic mass is 10.1. The number of phenolic OH excluding ortho intramolecular Hbond substituents is 1. The Morgan fingerprint density at radius 2 is 1.22 bits per heavy atom. The summed E-state index contributed by atoms with van der Waals surface area (Å²) < 4.78 is 47.8. The smallest absolute Gasteiger partial charge is 0.296 e. The van der Waals surface area contributed by atoms with Gasteiger partial charge in [0.25, 0.3) is 10.1 Å². The van der Waals surface area contributed by atoms with Gasteiger partial charge in [-0.2, -0.15) is 28.9 Å². The maximum atomic E-state index is 11.9. The Balaban J connectivity index is 1.17. The van der Waals surface area contributed by atoms with E-state index in [4.69, 9.17) is 19.6 Å². The summed E-state index contributed by atoms with van der Waals surface area (Å²) in [6, 6.07) is 28.4. The third kappa shape index (κ3) is 10.6. The summed E-state index contributed by atoms with van der Waals surface area (Å²) in [5.41, 5.74) is 4.82. The number of hydrogen-bond acceptors (Lipinski definition) is 19. The van der Waals surface area contributed by atoms with Gasteiger partial charge in [0.15, 0.2) is 5.75 Å². The van der Waals surface area contributed by atoms with Crippen LogP contribution < -0.4 is 10.1 Å². The summed E-state index contributed by atoms with van der Waals surface area (Å²) in [7, 11) is -3.08. The van der Waals surface area contributed by atoms with Gasteiger partial charge in [-0.25, -0.2) is 10.5 Å². The third-order valence-electron chi connectivity index (χ3n) is 8.12. The van der Waals surface area contributed by atoms with Crippen molar-refractivity contribution in [2.24, 2.45) is 30.7 Å². The Morgan fingerprint density at radius 1 is 0.638 bits per heavy atom. The van der Waals surface area contributed by atoms with E-state index in [0.717, 1.165) is 28.8 Å². The number of hydrogen-bond donors (Lipinski definition) is 5. The first kappa shape index (κ1) is 41.8. The maximum Gasteiger partial charge on any atom is 0.296 e. The first-order chi connectivity index (χ1) is 27.9. The van der Waals surface area contributed by atoms with Crippen LogP contribution in [0.4, 0.5) is 45.5 Å². The topological polar surface area (TPSA) is 247 Å². The standard InChI is InChI=1S/C37H31N7O11S3/c1-21-17-27(40-44-36-34(57-55-53-47)19-23-18-25(6-12-30(23)37(36)45)38-24-4-9-28(51-3)10-5-24)8-13-31(21)41-39-26-7-14-32(22(2)16-26)42-43-33-15-11-29(56-54-52-46)20-35(33)58(48,49)50/h4-20,38,45-47H,1-3H3,(H,48,49,50). The van der Waals surface area contributed by atoms with Crippen molar-refractivity contribution in [2.75, 3.05) is 12.4 Å². The summed E-state index contributed by atoms with van der Waals surface area (Å²) in [5.74, 6) is 0.564. The Hall–Kier alpha value is -5.85. The van der Waals surface area contributed by atoms with E-state index in [2.05, 4.69) is 50.4 Å². The molecule has 0 heterocycles. The summed E-state index contributed by atoms with van der Waals surface area (Å²) in [5, 5.41) is 65.7. The van der Waals surface area contributed by atoms with Crippen molar-refractivity contribution in [1.82, 2.24) is 0 Å². The predicted octanol–water partition coefficient (Wildman–Crippen LogP) is 12.3. The molecule has 18 nitrogen and oxygen atoms in total. The molecule has 0 bridgehead atoms. The molecule has 0 amide bonds. The molecule has 0 aliphatic rings. The number of phenols is 1. The average molecular weight is 846 g/mol. The number of aromatic hydroxyl groups is 1. The van der Waals surface area contributed by atoms with Crippen LogP contribution in [0.1, 0.15) is 11.1 Å². The number of anilines is 2. The molecule has 0 atom stereocenters. The SMILES string of the molecule is COc1ccc(Nc2ccc3c(O)c(N=Nc4ccc(N=Nc5ccc(N=Nc6ccc(SOOO)cc6S(=O)(=O)O)c(C)c5)c(C)c4)c(SOOO)cc3c2)cc1. The van der Waals surface area contributed by atoms with Crippen molar-refractivity contribution >= 4 is 90.5 Å². The van der Waals surface area contributed by atoms with Gasteiger partial charge in [-0.1, -0.05) is 10.1 Å². The minimum atomic E-state index is -4.68. The lowest BCUT2D eigenvalue weighted by molar-refractivity contribution is -0.432. The van der Waals surface area contributed by atoms with Crippen LogP contribution in [-0.2, 0) is 28.9 Å². The van der Waals surface area contributed by atoms with Crippen LogP contribution in [0, 0.1) is 13.8 Å². The van der Waals surface area contributed by atoms with Crippen LogP contribution in [0.15, 0.2) is 149 Å². The van der Waals surface area contributed by atoms with Gasteiger partial charge < -0.3 is 15.2 Å². The molecule has 6 aromatic carbocycles. The van der Waals surface area contributed by atoms with Crippen LogP contribution in [0.5, 0.6) is 11.5 Å². The van der Waals surface area contributed by atoms with E-state index in [1.807, 2.05) is 43.3 Å². The number of nitrogens with one attached hydrogen (secondary N) is 1. The molecule has 298 valence electrons. The number of azo groups is 3. The quantitative estimate of drug-likeness (QED) is 0.0200. The predicted molar refractivity (Wildman–Crippen MR) is 214 cm³/mol. The first-order valence-corrected chi connectivity index (χ1v) is 19.5. The highest BCUT2D eigenvalue weighted by atomic mass is 32.2. The molecule has 0 aliphatic heterocycles. The minimum absolute atomic E-state index is 0.0842. The zero-order valence-electron chi connectivity index (χ0n) is 30.4. The summed E-state index contributed by atoms with van der Waals surface area (Å²) in [6.07, 6.45) is 0. The highest BCUT2D eigenvalue weighted by Crippen LogP contribution is 2.45. The fraction of sp³-hybridized carbons (Fsp3) is 0.0811.